The van der Waals surface area contributed by atoms with Crippen LogP contribution < -0.4 is 15.8 Å². The van der Waals surface area contributed by atoms with Crippen LogP contribution in [0.1, 0.15) is 49.9 Å². The molecule has 268 valence electrons. The van der Waals surface area contributed by atoms with Crippen LogP contribution in [0, 0.1) is 31.6 Å². The molecule has 3 aromatic carbocycles. The Bertz CT molecular complexity index is 2450. The zero-order chi connectivity index (χ0) is 36.4. The maximum Gasteiger partial charge on any atom is 0.299 e. The smallest absolute Gasteiger partial charge is 0.293 e. The van der Waals surface area contributed by atoms with Crippen molar-refractivity contribution in [3.05, 3.63) is 109 Å². The average molecular weight is 761 g/mol. The average Bonchev–Trinajstić information content (AvgIpc) is 3.55. The molecule has 0 saturated heterocycles. The monoisotopic (exact) mass is 759 g/mol. The number of hydrogen-bond donors (Lipinski definition) is 3. The number of aromatic nitrogens is 4. The van der Waals surface area contributed by atoms with Crippen molar-refractivity contribution in [2.24, 2.45) is 38.2 Å². The number of nitrogens with one attached hydrogen (secondary N) is 3. The fourth-order valence-electron chi connectivity index (χ4n) is 8.49. The molecule has 0 atom stereocenters. The summed E-state index contributed by atoms with van der Waals surface area (Å²) in [6.45, 7) is 3.39. The third kappa shape index (κ3) is 6.37. The van der Waals surface area contributed by atoms with Crippen LogP contribution >= 0.6 is 23.2 Å². The van der Waals surface area contributed by atoms with Crippen LogP contribution in [-0.4, -0.2) is 33.5 Å². The van der Waals surface area contributed by atoms with E-state index in [9.17, 15) is 18.0 Å². The van der Waals surface area contributed by atoms with Gasteiger partial charge in [0.15, 0.2) is 11.4 Å². The largest absolute Gasteiger partial charge is 0.299 e. The van der Waals surface area contributed by atoms with E-state index in [2.05, 4.69) is 35.4 Å². The molecule has 0 radical (unpaired) electrons. The predicted molar refractivity (Wildman–Crippen MR) is 198 cm³/mol. The van der Waals surface area contributed by atoms with Gasteiger partial charge in [0.05, 0.1) is 37.7 Å². The molecule has 3 N–H and O–H groups in total. The van der Waals surface area contributed by atoms with E-state index in [4.69, 9.17) is 23.2 Å². The molecule has 2 aromatic heterocycles. The van der Waals surface area contributed by atoms with Crippen LogP contribution in [0.2, 0.25) is 10.0 Å². The quantitative estimate of drug-likeness (QED) is 0.128. The van der Waals surface area contributed by atoms with Gasteiger partial charge in [-0.05, 0) is 119 Å². The molecule has 4 fully saturated rings. The van der Waals surface area contributed by atoms with Crippen molar-refractivity contribution in [1.82, 2.24) is 24.3 Å². The summed E-state index contributed by atoms with van der Waals surface area (Å²) in [5, 5.41) is 22.9. The van der Waals surface area contributed by atoms with Crippen molar-refractivity contribution >= 4 is 56.0 Å². The van der Waals surface area contributed by atoms with Crippen LogP contribution in [0.25, 0.3) is 11.4 Å². The molecular formula is C36H35Cl2N9O4S. The number of aromatic amines is 2. The van der Waals surface area contributed by atoms with E-state index in [1.54, 1.807) is 38.1 Å². The van der Waals surface area contributed by atoms with E-state index in [-0.39, 0.29) is 48.8 Å². The Balaban J connectivity index is 0.985. The molecule has 13 nitrogen and oxygen atoms in total. The van der Waals surface area contributed by atoms with Crippen molar-refractivity contribution in [1.29, 1.82) is 0 Å². The molecule has 0 aliphatic heterocycles. The predicted octanol–water partition coefficient (Wildman–Crippen LogP) is 8.65. The molecule has 4 saturated carbocycles. The SMILES string of the molecule is Cc1[nH]n(-c2ccccc2)c(=O)c1N=Nc1cc(Cl)c(N=Nc2c(C)[nH]n(-c3ccc(S(=O)(=O)NC45CC6CC(CC(C6)C4)C5)cc3)c2=O)cc1Cl. The molecule has 4 bridgehead atoms. The molecule has 4 aliphatic carbocycles. The first kappa shape index (κ1) is 34.5. The topological polar surface area (TPSA) is 171 Å². The molecule has 5 aromatic rings. The Labute approximate surface area is 308 Å². The minimum Gasteiger partial charge on any atom is -0.293 e. The minimum absolute atomic E-state index is 0.0359. The van der Waals surface area contributed by atoms with Gasteiger partial charge in [0.1, 0.15) is 11.4 Å². The van der Waals surface area contributed by atoms with Crippen LogP contribution in [0.15, 0.2) is 102 Å². The molecular weight excluding hydrogens is 725 g/mol. The van der Waals surface area contributed by atoms with Crippen molar-refractivity contribution in [2.45, 2.75) is 62.8 Å². The minimum atomic E-state index is -3.75. The number of azo groups is 2. The summed E-state index contributed by atoms with van der Waals surface area (Å²) in [5.74, 6) is 1.83. The molecule has 2 heterocycles. The first-order chi connectivity index (χ1) is 24.9. The third-order valence-corrected chi connectivity index (χ3v) is 12.6. The highest BCUT2D eigenvalue weighted by Gasteiger charge is 2.52. The fraction of sp³-hybridized carbons (Fsp3) is 0.333. The van der Waals surface area contributed by atoms with Crippen LogP contribution in [0.5, 0.6) is 0 Å². The summed E-state index contributed by atoms with van der Waals surface area (Å²) >= 11 is 13.0. The summed E-state index contributed by atoms with van der Waals surface area (Å²) in [6, 6.07) is 18.2. The van der Waals surface area contributed by atoms with Crippen LogP contribution in [-0.2, 0) is 10.0 Å². The second kappa shape index (κ2) is 13.1. The van der Waals surface area contributed by atoms with Gasteiger partial charge < -0.3 is 0 Å². The maximum absolute atomic E-state index is 13.5. The molecule has 4 aliphatic rings. The second-order valence-corrected chi connectivity index (χ2v) is 16.7. The fourth-order valence-corrected chi connectivity index (χ4v) is 10.3. The van der Waals surface area contributed by atoms with Crippen LogP contribution in [0.3, 0.4) is 0 Å². The summed E-state index contributed by atoms with van der Waals surface area (Å²) in [4.78, 5) is 26.6. The summed E-state index contributed by atoms with van der Waals surface area (Å²) in [6.07, 6.45) is 6.38. The van der Waals surface area contributed by atoms with Gasteiger partial charge in [-0.25, -0.2) is 22.5 Å². The first-order valence-corrected chi connectivity index (χ1v) is 19.3. The Morgan fingerprint density at radius 3 is 1.60 bits per heavy atom. The lowest BCUT2D eigenvalue weighted by atomic mass is 9.53. The number of hydrogen-bond acceptors (Lipinski definition) is 8. The van der Waals surface area contributed by atoms with Gasteiger partial charge >= 0.3 is 0 Å². The van der Waals surface area contributed by atoms with Gasteiger partial charge in [-0.15, -0.1) is 20.5 Å². The number of rotatable bonds is 9. The van der Waals surface area contributed by atoms with E-state index in [1.807, 2.05) is 18.2 Å². The number of benzene rings is 3. The standard InChI is InChI=1S/C36H35Cl2N9O4S/c1-20-32(34(48)46(43-20)25-6-4-3-5-7-25)41-39-30-15-29(38)31(16-28(30)37)40-42-33-21(2)44-47(35(33)49)26-8-10-27(11-9-26)52(50,51)45-36-17-22-12-23(18-36)14-24(13-22)19-36/h3-11,15-16,22-24,43-45H,12-14,17-19H2,1-2H3. The summed E-state index contributed by atoms with van der Waals surface area (Å²) < 4.78 is 32.7. The molecule has 0 amide bonds. The Kier molecular flexibility index (Phi) is 8.68. The van der Waals surface area contributed by atoms with Crippen molar-refractivity contribution in [3.8, 4) is 11.4 Å². The zero-order valence-electron chi connectivity index (χ0n) is 28.3. The summed E-state index contributed by atoms with van der Waals surface area (Å²) in [7, 11) is -3.75. The molecule has 52 heavy (non-hydrogen) atoms. The van der Waals surface area contributed by atoms with Gasteiger partial charge in [-0.1, -0.05) is 41.4 Å². The van der Waals surface area contributed by atoms with Crippen molar-refractivity contribution in [3.63, 3.8) is 0 Å². The molecule has 0 spiro atoms. The number of para-hydroxylation sites is 1. The highest BCUT2D eigenvalue weighted by Crippen LogP contribution is 2.56. The number of aryl methyl sites for hydroxylation is 2. The zero-order valence-corrected chi connectivity index (χ0v) is 30.6. The summed E-state index contributed by atoms with van der Waals surface area (Å²) in [5.41, 5.74) is 1.36. The Morgan fingerprint density at radius 2 is 1.13 bits per heavy atom. The van der Waals surface area contributed by atoms with E-state index < -0.39 is 15.6 Å². The van der Waals surface area contributed by atoms with E-state index >= 15 is 0 Å². The highest BCUT2D eigenvalue weighted by atomic mass is 35.5. The van der Waals surface area contributed by atoms with Crippen molar-refractivity contribution < 1.29 is 8.42 Å². The lowest BCUT2D eigenvalue weighted by molar-refractivity contribution is -0.00810. The second-order valence-electron chi connectivity index (χ2n) is 14.2. The number of halogens is 2. The normalized spacial score (nSPS) is 22.7. The molecule has 16 heteroatoms. The van der Waals surface area contributed by atoms with Gasteiger partial charge in [0.25, 0.3) is 11.1 Å². The van der Waals surface area contributed by atoms with E-state index in [1.165, 1.54) is 52.9 Å². The van der Waals surface area contributed by atoms with Gasteiger partial charge in [0.2, 0.25) is 10.0 Å². The first-order valence-electron chi connectivity index (χ1n) is 17.0. The number of sulfonamides is 1. The van der Waals surface area contributed by atoms with Crippen molar-refractivity contribution in [2.75, 3.05) is 0 Å². The molecule has 0 unspecified atom stereocenters. The lowest BCUT2D eigenvalue weighted by Gasteiger charge is -2.56. The third-order valence-electron chi connectivity index (χ3n) is 10.4. The molecule has 9 rings (SSSR count). The number of nitrogens with zero attached hydrogens (tertiary/aromatic N) is 6. The van der Waals surface area contributed by atoms with E-state index in [0.29, 0.717) is 40.5 Å². The van der Waals surface area contributed by atoms with Gasteiger partial charge in [-0.3, -0.25) is 19.8 Å². The Morgan fingerprint density at radius 1 is 0.692 bits per heavy atom. The van der Waals surface area contributed by atoms with Gasteiger partial charge in [-0.2, -0.15) is 0 Å². The van der Waals surface area contributed by atoms with Gasteiger partial charge in [0, 0.05) is 5.54 Å². The van der Waals surface area contributed by atoms with E-state index in [0.717, 1.165) is 19.3 Å². The maximum atomic E-state index is 13.5. The van der Waals surface area contributed by atoms with Crippen LogP contribution in [0.4, 0.5) is 22.7 Å². The highest BCUT2D eigenvalue weighted by molar-refractivity contribution is 7.89. The Hall–Kier alpha value is -4.63. The lowest BCUT2D eigenvalue weighted by Crippen LogP contribution is -2.59. The number of H-pyrrole nitrogens is 2.